The SMILES string of the molecule is Cc1cccc(CCC(C)NC(C)c2cccnc2)c1. The van der Waals surface area contributed by atoms with Gasteiger partial charge in [-0.2, -0.15) is 0 Å². The Bertz CT molecular complexity index is 522. The molecular weight excluding hydrogens is 244 g/mol. The van der Waals surface area contributed by atoms with Gasteiger partial charge in [0.1, 0.15) is 0 Å². The molecular formula is C18H24N2. The lowest BCUT2D eigenvalue weighted by Crippen LogP contribution is -2.29. The van der Waals surface area contributed by atoms with E-state index in [2.05, 4.69) is 61.4 Å². The highest BCUT2D eigenvalue weighted by molar-refractivity contribution is 5.22. The number of benzene rings is 1. The summed E-state index contributed by atoms with van der Waals surface area (Å²) in [6.45, 7) is 6.60. The Morgan fingerprint density at radius 1 is 1.15 bits per heavy atom. The maximum Gasteiger partial charge on any atom is 0.0315 e. The summed E-state index contributed by atoms with van der Waals surface area (Å²) in [6, 6.07) is 13.7. The molecule has 0 spiro atoms. The number of rotatable bonds is 6. The molecule has 1 aromatic heterocycles. The fourth-order valence-corrected chi connectivity index (χ4v) is 2.49. The maximum atomic E-state index is 4.18. The second-order valence-corrected chi connectivity index (χ2v) is 5.60. The minimum atomic E-state index is 0.344. The van der Waals surface area contributed by atoms with Gasteiger partial charge in [-0.05, 0) is 50.8 Å². The van der Waals surface area contributed by atoms with Crippen molar-refractivity contribution in [2.24, 2.45) is 0 Å². The van der Waals surface area contributed by atoms with Crippen molar-refractivity contribution in [1.82, 2.24) is 10.3 Å². The van der Waals surface area contributed by atoms with Gasteiger partial charge in [-0.15, -0.1) is 0 Å². The smallest absolute Gasteiger partial charge is 0.0315 e. The Hall–Kier alpha value is -1.67. The van der Waals surface area contributed by atoms with Crippen LogP contribution in [0.15, 0.2) is 48.8 Å². The standard InChI is InChI=1S/C18H24N2/c1-14-6-4-7-17(12-14)10-9-15(2)20-16(3)18-8-5-11-19-13-18/h4-8,11-13,15-16,20H,9-10H2,1-3H3. The maximum absolute atomic E-state index is 4.18. The molecule has 2 heteroatoms. The van der Waals surface area contributed by atoms with E-state index in [4.69, 9.17) is 0 Å². The summed E-state index contributed by atoms with van der Waals surface area (Å²) in [7, 11) is 0. The Morgan fingerprint density at radius 2 is 2.00 bits per heavy atom. The van der Waals surface area contributed by atoms with Crippen LogP contribution in [0, 0.1) is 6.92 Å². The Kier molecular flexibility index (Phi) is 5.31. The lowest BCUT2D eigenvalue weighted by atomic mass is 10.0. The first-order chi connectivity index (χ1) is 9.65. The number of hydrogen-bond donors (Lipinski definition) is 1. The van der Waals surface area contributed by atoms with Crippen LogP contribution in [0.2, 0.25) is 0 Å². The summed E-state index contributed by atoms with van der Waals surface area (Å²) in [5, 5.41) is 3.64. The van der Waals surface area contributed by atoms with E-state index in [1.165, 1.54) is 16.7 Å². The van der Waals surface area contributed by atoms with Crippen LogP contribution in [0.3, 0.4) is 0 Å². The summed E-state index contributed by atoms with van der Waals surface area (Å²) in [4.78, 5) is 4.18. The molecule has 2 unspecified atom stereocenters. The first-order valence-corrected chi connectivity index (χ1v) is 7.36. The van der Waals surface area contributed by atoms with Crippen LogP contribution in [-0.4, -0.2) is 11.0 Å². The topological polar surface area (TPSA) is 24.9 Å². The molecule has 0 aliphatic rings. The van der Waals surface area contributed by atoms with Crippen LogP contribution < -0.4 is 5.32 Å². The van der Waals surface area contributed by atoms with Crippen LogP contribution >= 0.6 is 0 Å². The molecule has 0 radical (unpaired) electrons. The number of nitrogens with zero attached hydrogens (tertiary/aromatic N) is 1. The summed E-state index contributed by atoms with van der Waals surface area (Å²) >= 11 is 0. The zero-order valence-corrected chi connectivity index (χ0v) is 12.6. The summed E-state index contributed by atoms with van der Waals surface area (Å²) in [5.74, 6) is 0. The Morgan fingerprint density at radius 3 is 2.70 bits per heavy atom. The number of aryl methyl sites for hydroxylation is 2. The normalized spacial score (nSPS) is 13.9. The molecule has 1 heterocycles. The van der Waals surface area contributed by atoms with Crippen molar-refractivity contribution in [2.75, 3.05) is 0 Å². The van der Waals surface area contributed by atoms with Crippen LogP contribution in [0.25, 0.3) is 0 Å². The van der Waals surface area contributed by atoms with Crippen LogP contribution in [0.4, 0.5) is 0 Å². The van der Waals surface area contributed by atoms with Gasteiger partial charge in [0, 0.05) is 24.5 Å². The third-order valence-corrected chi connectivity index (χ3v) is 3.67. The van der Waals surface area contributed by atoms with Gasteiger partial charge >= 0.3 is 0 Å². The lowest BCUT2D eigenvalue weighted by Gasteiger charge is -2.20. The zero-order valence-electron chi connectivity index (χ0n) is 12.6. The van der Waals surface area contributed by atoms with Gasteiger partial charge < -0.3 is 5.32 Å². The molecule has 20 heavy (non-hydrogen) atoms. The second kappa shape index (κ2) is 7.20. The van der Waals surface area contributed by atoms with E-state index < -0.39 is 0 Å². The second-order valence-electron chi connectivity index (χ2n) is 5.60. The van der Waals surface area contributed by atoms with E-state index in [1.54, 1.807) is 0 Å². The first kappa shape index (κ1) is 14.7. The number of nitrogens with one attached hydrogen (secondary N) is 1. The molecule has 1 aromatic carbocycles. The van der Waals surface area contributed by atoms with Crippen molar-refractivity contribution < 1.29 is 0 Å². The van der Waals surface area contributed by atoms with Crippen molar-refractivity contribution in [3.8, 4) is 0 Å². The van der Waals surface area contributed by atoms with Gasteiger partial charge in [-0.25, -0.2) is 0 Å². The molecule has 0 aliphatic carbocycles. The Balaban J connectivity index is 1.82. The van der Waals surface area contributed by atoms with Crippen molar-refractivity contribution >= 4 is 0 Å². The first-order valence-electron chi connectivity index (χ1n) is 7.36. The summed E-state index contributed by atoms with van der Waals surface area (Å²) < 4.78 is 0. The highest BCUT2D eigenvalue weighted by atomic mass is 14.9. The Labute approximate surface area is 122 Å². The van der Waals surface area contributed by atoms with E-state index in [0.717, 1.165) is 12.8 Å². The molecule has 0 saturated carbocycles. The molecule has 0 fully saturated rings. The van der Waals surface area contributed by atoms with Crippen LogP contribution in [0.1, 0.15) is 43.0 Å². The minimum absolute atomic E-state index is 0.344. The highest BCUT2D eigenvalue weighted by Crippen LogP contribution is 2.13. The van der Waals surface area contributed by atoms with Crippen LogP contribution in [-0.2, 0) is 6.42 Å². The molecule has 0 bridgehead atoms. The molecule has 2 rings (SSSR count). The molecule has 106 valence electrons. The van der Waals surface area contributed by atoms with Gasteiger partial charge in [0.2, 0.25) is 0 Å². The quantitative estimate of drug-likeness (QED) is 0.854. The molecule has 1 N–H and O–H groups in total. The molecule has 2 nitrogen and oxygen atoms in total. The summed E-state index contributed by atoms with van der Waals surface area (Å²) in [6.07, 6.45) is 6.02. The fraction of sp³-hybridized carbons (Fsp3) is 0.389. The van der Waals surface area contributed by atoms with Gasteiger partial charge in [-0.3, -0.25) is 4.98 Å². The van der Waals surface area contributed by atoms with E-state index >= 15 is 0 Å². The average molecular weight is 268 g/mol. The van der Waals surface area contributed by atoms with E-state index in [0.29, 0.717) is 12.1 Å². The molecule has 2 aromatic rings. The molecule has 0 aliphatic heterocycles. The fourth-order valence-electron chi connectivity index (χ4n) is 2.49. The molecule has 2 atom stereocenters. The minimum Gasteiger partial charge on any atom is -0.308 e. The van der Waals surface area contributed by atoms with Crippen molar-refractivity contribution in [2.45, 2.75) is 45.7 Å². The number of hydrogen-bond acceptors (Lipinski definition) is 2. The van der Waals surface area contributed by atoms with Crippen molar-refractivity contribution in [3.05, 3.63) is 65.5 Å². The monoisotopic (exact) mass is 268 g/mol. The van der Waals surface area contributed by atoms with Gasteiger partial charge in [-0.1, -0.05) is 35.9 Å². The van der Waals surface area contributed by atoms with E-state index in [-0.39, 0.29) is 0 Å². The third kappa shape index (κ3) is 4.46. The predicted octanol–water partition coefficient (Wildman–Crippen LogP) is 4.06. The highest BCUT2D eigenvalue weighted by Gasteiger charge is 2.09. The third-order valence-electron chi connectivity index (χ3n) is 3.67. The largest absolute Gasteiger partial charge is 0.308 e. The van der Waals surface area contributed by atoms with Crippen LogP contribution in [0.5, 0.6) is 0 Å². The van der Waals surface area contributed by atoms with Gasteiger partial charge in [0.05, 0.1) is 0 Å². The predicted molar refractivity (Wildman–Crippen MR) is 84.7 cm³/mol. The van der Waals surface area contributed by atoms with E-state index in [1.807, 2.05) is 18.5 Å². The molecule has 0 saturated heterocycles. The number of pyridine rings is 1. The lowest BCUT2D eigenvalue weighted by molar-refractivity contribution is 0.455. The van der Waals surface area contributed by atoms with Gasteiger partial charge in [0.15, 0.2) is 0 Å². The number of aromatic nitrogens is 1. The molecule has 0 amide bonds. The average Bonchev–Trinajstić information content (AvgIpc) is 2.46. The van der Waals surface area contributed by atoms with Crippen molar-refractivity contribution in [3.63, 3.8) is 0 Å². The summed E-state index contributed by atoms with van der Waals surface area (Å²) in [5.41, 5.74) is 4.01. The van der Waals surface area contributed by atoms with Crippen molar-refractivity contribution in [1.29, 1.82) is 0 Å². The zero-order chi connectivity index (χ0) is 14.4. The van der Waals surface area contributed by atoms with Gasteiger partial charge in [0.25, 0.3) is 0 Å². The van der Waals surface area contributed by atoms with E-state index in [9.17, 15) is 0 Å².